The van der Waals surface area contributed by atoms with Crippen molar-refractivity contribution in [1.29, 1.82) is 0 Å². The zero-order chi connectivity index (χ0) is 25.0. The lowest BCUT2D eigenvalue weighted by atomic mass is 9.77. The molecule has 1 amide bonds. The van der Waals surface area contributed by atoms with E-state index in [4.69, 9.17) is 0 Å². The van der Waals surface area contributed by atoms with Crippen LogP contribution in [0.15, 0.2) is 24.7 Å². The van der Waals surface area contributed by atoms with Gasteiger partial charge in [0.1, 0.15) is 17.9 Å². The summed E-state index contributed by atoms with van der Waals surface area (Å²) in [6.45, 7) is 0.355. The second-order valence-corrected chi connectivity index (χ2v) is 8.66. The van der Waals surface area contributed by atoms with Gasteiger partial charge in [0.25, 0.3) is 6.43 Å². The van der Waals surface area contributed by atoms with E-state index in [9.17, 15) is 31.1 Å². The molecule has 186 valence electrons. The van der Waals surface area contributed by atoms with E-state index in [0.717, 1.165) is 9.58 Å². The van der Waals surface area contributed by atoms with Gasteiger partial charge in [0.2, 0.25) is 5.91 Å². The molecule has 1 spiro atoms. The summed E-state index contributed by atoms with van der Waals surface area (Å²) in [7, 11) is 0. The van der Waals surface area contributed by atoms with Crippen molar-refractivity contribution in [2.75, 3.05) is 29.4 Å². The lowest BCUT2D eigenvalue weighted by Crippen LogP contribution is -2.45. The number of amides is 1. The topological polar surface area (TPSA) is 80.0 Å². The normalized spacial score (nSPS) is 18.4. The quantitative estimate of drug-likeness (QED) is 0.510. The fourth-order valence-corrected chi connectivity index (χ4v) is 4.69. The molecule has 0 N–H and O–H groups in total. The van der Waals surface area contributed by atoms with Crippen molar-refractivity contribution < 1.29 is 31.1 Å². The Hall–Kier alpha value is -3.45. The zero-order valence-electron chi connectivity index (χ0n) is 18.1. The number of fused-ring (bicyclic) bond motifs is 1. The van der Waals surface area contributed by atoms with E-state index in [2.05, 4.69) is 20.1 Å². The Morgan fingerprint density at radius 2 is 1.74 bits per heavy atom. The van der Waals surface area contributed by atoms with Crippen molar-refractivity contribution in [3.63, 3.8) is 0 Å². The van der Waals surface area contributed by atoms with Gasteiger partial charge in [0.05, 0.1) is 23.4 Å². The summed E-state index contributed by atoms with van der Waals surface area (Å²) in [6.07, 6.45) is -2.72. The first-order valence-corrected chi connectivity index (χ1v) is 10.8. The summed E-state index contributed by atoms with van der Waals surface area (Å²) in [5.41, 5.74) is -1.39. The van der Waals surface area contributed by atoms with E-state index in [-0.39, 0.29) is 18.1 Å². The fraction of sp³-hybridized carbons (Fsp3) is 0.476. The molecule has 0 radical (unpaired) electrons. The predicted molar refractivity (Wildman–Crippen MR) is 111 cm³/mol. The summed E-state index contributed by atoms with van der Waals surface area (Å²) in [4.78, 5) is 28.5. The molecule has 5 rings (SSSR count). The van der Waals surface area contributed by atoms with E-state index < -0.39 is 41.8 Å². The zero-order valence-corrected chi connectivity index (χ0v) is 18.1. The minimum atomic E-state index is -4.74. The van der Waals surface area contributed by atoms with Gasteiger partial charge < -0.3 is 4.90 Å². The maximum atomic E-state index is 14.4. The van der Waals surface area contributed by atoms with E-state index in [0.29, 0.717) is 55.9 Å². The van der Waals surface area contributed by atoms with Crippen LogP contribution in [0.5, 0.6) is 0 Å². The Morgan fingerprint density at radius 1 is 1.03 bits per heavy atom. The lowest BCUT2D eigenvalue weighted by molar-refractivity contribution is -0.138. The monoisotopic (exact) mass is 499 g/mol. The number of piperidine rings is 1. The number of aromatic nitrogens is 5. The molecule has 8 nitrogen and oxygen atoms in total. The van der Waals surface area contributed by atoms with Gasteiger partial charge in [-0.1, -0.05) is 0 Å². The molecule has 0 atom stereocenters. The highest BCUT2D eigenvalue weighted by Gasteiger charge is 2.49. The van der Waals surface area contributed by atoms with Crippen LogP contribution < -0.4 is 9.80 Å². The summed E-state index contributed by atoms with van der Waals surface area (Å²) < 4.78 is 79.6. The molecule has 0 bridgehead atoms. The number of nitrogens with zero attached hydrogens (tertiary/aromatic N) is 7. The van der Waals surface area contributed by atoms with E-state index in [1.807, 2.05) is 4.90 Å². The summed E-state index contributed by atoms with van der Waals surface area (Å²) in [5.74, 6) is -1.53. The number of anilines is 2. The molecule has 35 heavy (non-hydrogen) atoms. The Morgan fingerprint density at radius 3 is 2.40 bits per heavy atom. The first-order valence-electron chi connectivity index (χ1n) is 10.8. The first-order chi connectivity index (χ1) is 16.6. The van der Waals surface area contributed by atoms with Gasteiger partial charge in [-0.05, 0) is 25.3 Å². The van der Waals surface area contributed by atoms with Crippen molar-refractivity contribution in [3.8, 4) is 0 Å². The fourth-order valence-electron chi connectivity index (χ4n) is 4.69. The highest BCUT2D eigenvalue weighted by Crippen LogP contribution is 2.44. The van der Waals surface area contributed by atoms with Crippen LogP contribution in [0.1, 0.15) is 24.8 Å². The molecule has 2 aliphatic heterocycles. The summed E-state index contributed by atoms with van der Waals surface area (Å²) >= 11 is 0. The Balaban J connectivity index is 1.31. The third-order valence-corrected chi connectivity index (χ3v) is 6.61. The van der Waals surface area contributed by atoms with Crippen molar-refractivity contribution >= 4 is 28.7 Å². The van der Waals surface area contributed by atoms with Gasteiger partial charge in [0.15, 0.2) is 17.3 Å². The molecular weight excluding hydrogens is 480 g/mol. The molecule has 0 aromatic carbocycles. The minimum Gasteiger partial charge on any atom is -0.355 e. The molecule has 3 aromatic rings. The van der Waals surface area contributed by atoms with Crippen LogP contribution in [-0.4, -0.2) is 56.7 Å². The lowest BCUT2D eigenvalue weighted by Gasteiger charge is -2.38. The number of hydrogen-bond donors (Lipinski definition) is 0. The van der Waals surface area contributed by atoms with Crippen LogP contribution in [0.3, 0.4) is 0 Å². The van der Waals surface area contributed by atoms with Gasteiger partial charge in [-0.2, -0.15) is 18.3 Å². The van der Waals surface area contributed by atoms with E-state index >= 15 is 0 Å². The number of hydrogen-bond acceptors (Lipinski definition) is 6. The van der Waals surface area contributed by atoms with Crippen molar-refractivity contribution in [2.45, 2.75) is 38.4 Å². The van der Waals surface area contributed by atoms with Crippen LogP contribution in [0, 0.1) is 11.2 Å². The first kappa shape index (κ1) is 23.3. The van der Waals surface area contributed by atoms with Gasteiger partial charge in [-0.25, -0.2) is 32.8 Å². The number of pyridine rings is 1. The van der Waals surface area contributed by atoms with Crippen molar-refractivity contribution in [2.24, 2.45) is 5.41 Å². The molecule has 0 aliphatic carbocycles. The van der Waals surface area contributed by atoms with Gasteiger partial charge in [-0.15, -0.1) is 0 Å². The average molecular weight is 499 g/mol. The molecule has 2 fully saturated rings. The molecule has 14 heteroatoms. The summed E-state index contributed by atoms with van der Waals surface area (Å²) in [6, 6.07) is 0.344. The third kappa shape index (κ3) is 4.14. The second kappa shape index (κ2) is 8.34. The Labute approximate surface area is 194 Å². The van der Waals surface area contributed by atoms with Crippen LogP contribution in [0.4, 0.5) is 38.0 Å². The smallest absolute Gasteiger partial charge is 0.355 e. The highest BCUT2D eigenvalue weighted by molar-refractivity contribution is 5.99. The largest absolute Gasteiger partial charge is 0.417 e. The van der Waals surface area contributed by atoms with Gasteiger partial charge >= 0.3 is 6.18 Å². The van der Waals surface area contributed by atoms with Crippen LogP contribution >= 0.6 is 0 Å². The molecule has 2 aliphatic rings. The van der Waals surface area contributed by atoms with Crippen LogP contribution in [0.2, 0.25) is 0 Å². The molecule has 0 saturated carbocycles. The Kier molecular flexibility index (Phi) is 5.55. The number of carbonyl (C=O) groups is 1. The minimum absolute atomic E-state index is 0.146. The molecular formula is C21H19F6N7O. The number of carbonyl (C=O) groups excluding carboxylic acids is 1. The van der Waals surface area contributed by atoms with Crippen molar-refractivity contribution in [3.05, 3.63) is 36.0 Å². The maximum Gasteiger partial charge on any atom is 0.417 e. The molecule has 0 unspecified atom stereocenters. The number of alkyl halides is 5. The average Bonchev–Trinajstić information content (AvgIpc) is 3.34. The van der Waals surface area contributed by atoms with Gasteiger partial charge in [-0.3, -0.25) is 9.69 Å². The van der Waals surface area contributed by atoms with Gasteiger partial charge in [0, 0.05) is 25.8 Å². The Bertz CT molecular complexity index is 1270. The van der Waals surface area contributed by atoms with Crippen molar-refractivity contribution in [1.82, 2.24) is 24.7 Å². The number of halogens is 6. The number of rotatable bonds is 4. The van der Waals surface area contributed by atoms with Crippen LogP contribution in [0.25, 0.3) is 11.2 Å². The SMILES string of the molecule is O=C1N(c2ncc(C(F)(F)F)cc2F)CCC12CCN(c1cnc3cnn(CC(F)F)c3n1)CC2. The highest BCUT2D eigenvalue weighted by atomic mass is 19.4. The third-order valence-electron chi connectivity index (χ3n) is 6.61. The van der Waals surface area contributed by atoms with Crippen LogP contribution in [-0.2, 0) is 17.5 Å². The molecule has 3 aromatic heterocycles. The maximum absolute atomic E-state index is 14.4. The molecule has 2 saturated heterocycles. The second-order valence-electron chi connectivity index (χ2n) is 8.66. The summed E-state index contributed by atoms with van der Waals surface area (Å²) in [5, 5.41) is 3.90. The van der Waals surface area contributed by atoms with E-state index in [1.54, 1.807) is 0 Å². The predicted octanol–water partition coefficient (Wildman–Crippen LogP) is 3.67. The van der Waals surface area contributed by atoms with E-state index in [1.165, 1.54) is 12.4 Å². The standard InChI is InChI=1S/C21H19F6N7O/c22-13-7-12(21(25,26)27)8-29-17(13)33-6-3-20(19(33)35)1-4-32(5-2-20)16-10-28-14-9-30-34(11-15(23)24)18(14)31-16/h7-10,15H,1-6,11H2. The molecule has 5 heterocycles.